The molecule has 0 bridgehead atoms. The van der Waals surface area contributed by atoms with Crippen LogP contribution in [0.2, 0.25) is 0 Å². The Morgan fingerprint density at radius 1 is 1.29 bits per heavy atom. The average molecular weight is 285 g/mol. The summed E-state index contributed by atoms with van der Waals surface area (Å²) in [6.07, 6.45) is 6.99. The van der Waals surface area contributed by atoms with Gasteiger partial charge in [0, 0.05) is 19.1 Å². The molecule has 4 rings (SSSR count). The van der Waals surface area contributed by atoms with Crippen molar-refractivity contribution in [3.05, 3.63) is 24.0 Å². The molecule has 1 saturated carbocycles. The molecule has 0 spiro atoms. The number of anilines is 1. The fraction of sp³-hybridized carbons (Fsp3) is 0.625. The quantitative estimate of drug-likeness (QED) is 0.913. The van der Waals surface area contributed by atoms with E-state index in [4.69, 9.17) is 0 Å². The van der Waals surface area contributed by atoms with Crippen LogP contribution >= 0.6 is 0 Å². The number of fused-ring (bicyclic) bond motifs is 1. The highest BCUT2D eigenvalue weighted by Crippen LogP contribution is 2.32. The van der Waals surface area contributed by atoms with Crippen LogP contribution in [0.5, 0.6) is 0 Å². The van der Waals surface area contributed by atoms with E-state index < -0.39 is 0 Å². The van der Waals surface area contributed by atoms with E-state index in [2.05, 4.69) is 39.4 Å². The van der Waals surface area contributed by atoms with Crippen LogP contribution in [-0.4, -0.2) is 40.3 Å². The van der Waals surface area contributed by atoms with E-state index >= 15 is 0 Å². The van der Waals surface area contributed by atoms with Crippen molar-refractivity contribution in [2.45, 2.75) is 38.6 Å². The molecule has 21 heavy (non-hydrogen) atoms. The van der Waals surface area contributed by atoms with E-state index in [0.29, 0.717) is 6.04 Å². The van der Waals surface area contributed by atoms with E-state index in [9.17, 15) is 0 Å². The molecule has 0 radical (unpaired) electrons. The molecule has 5 nitrogen and oxygen atoms in total. The second-order valence-electron chi connectivity index (χ2n) is 6.56. The van der Waals surface area contributed by atoms with Gasteiger partial charge in [-0.25, -0.2) is 4.98 Å². The lowest BCUT2D eigenvalue weighted by Gasteiger charge is -2.28. The van der Waals surface area contributed by atoms with E-state index in [-0.39, 0.29) is 0 Å². The normalized spacial score (nSPS) is 22.0. The number of rotatable bonds is 5. The summed E-state index contributed by atoms with van der Waals surface area (Å²) < 4.78 is 1.99. The first-order valence-electron chi connectivity index (χ1n) is 8.08. The van der Waals surface area contributed by atoms with Gasteiger partial charge in [0.15, 0.2) is 5.65 Å². The van der Waals surface area contributed by atoms with Crippen LogP contribution in [0.4, 0.5) is 5.82 Å². The summed E-state index contributed by atoms with van der Waals surface area (Å²) in [5, 5.41) is 8.05. The van der Waals surface area contributed by atoms with E-state index in [1.807, 2.05) is 4.52 Å². The van der Waals surface area contributed by atoms with Crippen LogP contribution in [0, 0.1) is 12.8 Å². The first-order chi connectivity index (χ1) is 10.3. The number of nitrogens with one attached hydrogen (secondary N) is 1. The Balaban J connectivity index is 1.67. The molecule has 2 aliphatic rings. The Kier molecular flexibility index (Phi) is 3.30. The zero-order valence-corrected chi connectivity index (χ0v) is 12.6. The third-order valence-corrected chi connectivity index (χ3v) is 4.61. The lowest BCUT2D eigenvalue weighted by atomic mass is 10.2. The van der Waals surface area contributed by atoms with Crippen LogP contribution in [-0.2, 0) is 0 Å². The van der Waals surface area contributed by atoms with Gasteiger partial charge in [0.25, 0.3) is 0 Å². The number of aromatic nitrogens is 3. The smallest absolute Gasteiger partial charge is 0.157 e. The van der Waals surface area contributed by atoms with Crippen molar-refractivity contribution in [3.63, 3.8) is 0 Å². The molecule has 1 aliphatic heterocycles. The van der Waals surface area contributed by atoms with Gasteiger partial charge in [-0.1, -0.05) is 0 Å². The molecular weight excluding hydrogens is 262 g/mol. The van der Waals surface area contributed by atoms with E-state index in [1.165, 1.54) is 37.1 Å². The van der Waals surface area contributed by atoms with Gasteiger partial charge in [-0.05, 0) is 62.8 Å². The van der Waals surface area contributed by atoms with Crippen molar-refractivity contribution in [1.82, 2.24) is 19.9 Å². The standard InChI is InChI=1S/C16H23N5/c1-12-7-15-18-11-19-21(15)16(8-12)20(9-13-4-5-13)10-14-3-2-6-17-14/h7-8,11,13-14,17H,2-6,9-10H2,1H3. The maximum absolute atomic E-state index is 4.43. The summed E-state index contributed by atoms with van der Waals surface area (Å²) in [6, 6.07) is 4.96. The maximum atomic E-state index is 4.43. The fourth-order valence-corrected chi connectivity index (χ4v) is 3.31. The topological polar surface area (TPSA) is 45.5 Å². The van der Waals surface area contributed by atoms with Gasteiger partial charge in [0.05, 0.1) is 0 Å². The Labute approximate surface area is 125 Å². The minimum Gasteiger partial charge on any atom is -0.355 e. The van der Waals surface area contributed by atoms with E-state index in [1.54, 1.807) is 6.33 Å². The zero-order valence-electron chi connectivity index (χ0n) is 12.6. The molecule has 112 valence electrons. The summed E-state index contributed by atoms with van der Waals surface area (Å²) in [4.78, 5) is 6.88. The molecule has 3 heterocycles. The maximum Gasteiger partial charge on any atom is 0.157 e. The minimum atomic E-state index is 0.614. The molecule has 0 amide bonds. The van der Waals surface area contributed by atoms with Crippen LogP contribution in [0.25, 0.3) is 5.65 Å². The van der Waals surface area contributed by atoms with Gasteiger partial charge in [-0.2, -0.15) is 9.61 Å². The van der Waals surface area contributed by atoms with Gasteiger partial charge in [0.2, 0.25) is 0 Å². The second-order valence-corrected chi connectivity index (χ2v) is 6.56. The third-order valence-electron chi connectivity index (χ3n) is 4.61. The van der Waals surface area contributed by atoms with Crippen LogP contribution in [0.1, 0.15) is 31.2 Å². The molecule has 1 N–H and O–H groups in total. The third kappa shape index (κ3) is 2.75. The minimum absolute atomic E-state index is 0.614. The Bertz CT molecular complexity index is 625. The summed E-state index contributed by atoms with van der Waals surface area (Å²) in [6.45, 7) is 5.53. The molecule has 5 heteroatoms. The molecular formula is C16H23N5. The molecule has 2 aromatic rings. The van der Waals surface area contributed by atoms with Crippen molar-refractivity contribution >= 4 is 11.5 Å². The van der Waals surface area contributed by atoms with Gasteiger partial charge in [0.1, 0.15) is 12.1 Å². The molecule has 1 atom stereocenters. The number of hydrogen-bond acceptors (Lipinski definition) is 4. The second kappa shape index (κ2) is 5.30. The molecule has 1 unspecified atom stereocenters. The molecule has 2 aromatic heterocycles. The summed E-state index contributed by atoms with van der Waals surface area (Å²) in [5.41, 5.74) is 2.20. The monoisotopic (exact) mass is 285 g/mol. The van der Waals surface area contributed by atoms with Crippen molar-refractivity contribution in [2.75, 3.05) is 24.5 Å². The van der Waals surface area contributed by atoms with Gasteiger partial charge >= 0.3 is 0 Å². The summed E-state index contributed by atoms with van der Waals surface area (Å²) in [5.74, 6) is 2.06. The zero-order chi connectivity index (χ0) is 14.2. The number of pyridine rings is 1. The van der Waals surface area contributed by atoms with Crippen molar-refractivity contribution in [3.8, 4) is 0 Å². The first-order valence-corrected chi connectivity index (χ1v) is 8.08. The highest BCUT2D eigenvalue weighted by molar-refractivity contribution is 5.53. The van der Waals surface area contributed by atoms with Gasteiger partial charge < -0.3 is 10.2 Å². The van der Waals surface area contributed by atoms with Crippen LogP contribution in [0.3, 0.4) is 0 Å². The fourth-order valence-electron chi connectivity index (χ4n) is 3.31. The predicted molar refractivity (Wildman–Crippen MR) is 83.7 cm³/mol. The lowest BCUT2D eigenvalue weighted by Crippen LogP contribution is -2.39. The Morgan fingerprint density at radius 3 is 2.95 bits per heavy atom. The molecule has 2 fully saturated rings. The van der Waals surface area contributed by atoms with Crippen molar-refractivity contribution in [1.29, 1.82) is 0 Å². The molecule has 1 saturated heterocycles. The summed E-state index contributed by atoms with van der Waals surface area (Å²) >= 11 is 0. The highest BCUT2D eigenvalue weighted by Gasteiger charge is 2.28. The van der Waals surface area contributed by atoms with Crippen LogP contribution < -0.4 is 10.2 Å². The predicted octanol–water partition coefficient (Wildman–Crippen LogP) is 2.01. The Hall–Kier alpha value is -1.62. The number of hydrogen-bond donors (Lipinski definition) is 1. The Morgan fingerprint density at radius 2 is 2.19 bits per heavy atom. The number of aryl methyl sites for hydroxylation is 1. The SMILES string of the molecule is Cc1cc(N(CC2CC2)CC2CCCN2)n2ncnc2c1. The highest BCUT2D eigenvalue weighted by atomic mass is 15.4. The first kappa shape index (κ1) is 13.1. The van der Waals surface area contributed by atoms with Crippen molar-refractivity contribution < 1.29 is 0 Å². The molecule has 1 aliphatic carbocycles. The van der Waals surface area contributed by atoms with Crippen molar-refractivity contribution in [2.24, 2.45) is 5.92 Å². The largest absolute Gasteiger partial charge is 0.355 e. The summed E-state index contributed by atoms with van der Waals surface area (Å²) in [7, 11) is 0. The van der Waals surface area contributed by atoms with Crippen LogP contribution in [0.15, 0.2) is 18.5 Å². The van der Waals surface area contributed by atoms with Gasteiger partial charge in [-0.3, -0.25) is 0 Å². The number of nitrogens with zero attached hydrogens (tertiary/aromatic N) is 4. The lowest BCUT2D eigenvalue weighted by molar-refractivity contribution is 0.563. The molecule has 0 aromatic carbocycles. The van der Waals surface area contributed by atoms with Gasteiger partial charge in [-0.15, -0.1) is 0 Å². The average Bonchev–Trinajstić information content (AvgIpc) is 2.95. The van der Waals surface area contributed by atoms with E-state index in [0.717, 1.165) is 31.2 Å².